The molecule has 2 atom stereocenters. The van der Waals surface area contributed by atoms with Crippen molar-refractivity contribution in [3.05, 3.63) is 11.1 Å². The fourth-order valence-corrected chi connectivity index (χ4v) is 2.71. The molecule has 0 amide bonds. The number of hydrogen-bond acceptors (Lipinski definition) is 0. The van der Waals surface area contributed by atoms with Gasteiger partial charge in [0.1, 0.15) is 0 Å². The second-order valence-electron chi connectivity index (χ2n) is 3.02. The van der Waals surface area contributed by atoms with E-state index in [4.69, 9.17) is 0 Å². The Morgan fingerprint density at radius 1 is 1.00 bits per heavy atom. The molecule has 3 saturated carbocycles. The normalized spacial score (nSPS) is 72.0. The Morgan fingerprint density at radius 2 is 1.57 bits per heavy atom. The van der Waals surface area contributed by atoms with Gasteiger partial charge in [0.05, 0.1) is 0 Å². The van der Waals surface area contributed by atoms with Crippen LogP contribution in [0.25, 0.3) is 0 Å². The molecule has 0 aromatic heterocycles. The monoisotopic (exact) mass is 196 g/mol. The Bertz CT molecular complexity index is 184. The molecular formula is C6H4Sn. The largest absolute Gasteiger partial charge is 0.0585 e. The third kappa shape index (κ3) is 0.127. The standard InChI is InChI=1S/C6H4.Sn/c1-2-3(1)6-4(1)5(2)6;/h1-4H;. The van der Waals surface area contributed by atoms with E-state index in [2.05, 4.69) is 0 Å². The molecule has 0 aromatic rings. The summed E-state index contributed by atoms with van der Waals surface area (Å²) in [6.07, 6.45) is 0. The molecule has 7 heavy (non-hydrogen) atoms. The van der Waals surface area contributed by atoms with Crippen molar-refractivity contribution in [3.8, 4) is 0 Å². The average molecular weight is 195 g/mol. The maximum Gasteiger partial charge on any atom is 0.00594 e. The van der Waals surface area contributed by atoms with E-state index in [0.717, 1.165) is 0 Å². The van der Waals surface area contributed by atoms with Crippen LogP contribution >= 0.6 is 0 Å². The van der Waals surface area contributed by atoms with E-state index in [1.165, 1.54) is 23.7 Å². The van der Waals surface area contributed by atoms with Crippen molar-refractivity contribution in [2.75, 3.05) is 0 Å². The molecule has 0 bridgehead atoms. The summed E-state index contributed by atoms with van der Waals surface area (Å²) in [5.74, 6) is 4.85. The fourth-order valence-electron chi connectivity index (χ4n) is 2.71. The van der Waals surface area contributed by atoms with Crippen molar-refractivity contribution in [2.24, 2.45) is 23.7 Å². The predicted molar refractivity (Wildman–Crippen MR) is 26.7 cm³/mol. The van der Waals surface area contributed by atoms with Gasteiger partial charge in [0.25, 0.3) is 0 Å². The van der Waals surface area contributed by atoms with Crippen LogP contribution in [0.15, 0.2) is 11.1 Å². The van der Waals surface area contributed by atoms with Gasteiger partial charge in [-0.25, -0.2) is 0 Å². The van der Waals surface area contributed by atoms with E-state index in [1.54, 1.807) is 0 Å². The summed E-state index contributed by atoms with van der Waals surface area (Å²) in [5.41, 5.74) is 3.81. The molecule has 2 unspecified atom stereocenters. The molecule has 5 rings (SSSR count). The zero-order valence-electron chi connectivity index (χ0n) is 3.81. The van der Waals surface area contributed by atoms with Gasteiger partial charge in [-0.2, -0.15) is 0 Å². The molecule has 5 aliphatic carbocycles. The SMILES string of the molecule is C12=C3C1C1C2C31.[Sn]. The zero-order chi connectivity index (χ0) is 3.46. The first-order chi connectivity index (χ1) is 3.00. The van der Waals surface area contributed by atoms with Crippen molar-refractivity contribution in [2.45, 2.75) is 0 Å². The summed E-state index contributed by atoms with van der Waals surface area (Å²) in [6, 6.07) is 0. The summed E-state index contributed by atoms with van der Waals surface area (Å²) in [7, 11) is 0. The first kappa shape index (κ1) is 3.54. The average Bonchev–Trinajstić information content (AvgIpc) is 1.64. The summed E-state index contributed by atoms with van der Waals surface area (Å²) < 4.78 is 0. The molecule has 0 N–H and O–H groups in total. The van der Waals surface area contributed by atoms with Crippen LogP contribution in [0.3, 0.4) is 0 Å². The fraction of sp³-hybridized carbons (Fsp3) is 0.667. The third-order valence-corrected chi connectivity index (χ3v) is 3.10. The minimum Gasteiger partial charge on any atom is -0.0585 e. The van der Waals surface area contributed by atoms with E-state index in [1.807, 2.05) is 11.1 Å². The Morgan fingerprint density at radius 3 is 1.71 bits per heavy atom. The van der Waals surface area contributed by atoms with Crippen LogP contribution in [0.1, 0.15) is 0 Å². The number of hydrogen-bond donors (Lipinski definition) is 0. The van der Waals surface area contributed by atoms with E-state index in [9.17, 15) is 0 Å². The van der Waals surface area contributed by atoms with Gasteiger partial charge in [-0.1, -0.05) is 11.1 Å². The molecule has 0 saturated heterocycles. The Kier molecular flexibility index (Phi) is 0.295. The Hall–Kier alpha value is 0.539. The molecular weight excluding hydrogens is 191 g/mol. The van der Waals surface area contributed by atoms with E-state index in [0.29, 0.717) is 0 Å². The van der Waals surface area contributed by atoms with Crippen LogP contribution < -0.4 is 0 Å². The summed E-state index contributed by atoms with van der Waals surface area (Å²) in [5, 5.41) is 0. The zero-order valence-corrected chi connectivity index (χ0v) is 6.66. The Labute approximate surface area is 58.9 Å². The van der Waals surface area contributed by atoms with Crippen molar-refractivity contribution in [1.82, 2.24) is 0 Å². The van der Waals surface area contributed by atoms with E-state index < -0.39 is 0 Å². The molecule has 0 aromatic carbocycles. The van der Waals surface area contributed by atoms with Crippen LogP contribution in [-0.2, 0) is 0 Å². The van der Waals surface area contributed by atoms with Gasteiger partial charge >= 0.3 is 0 Å². The quantitative estimate of drug-likeness (QED) is 0.388. The van der Waals surface area contributed by atoms with Gasteiger partial charge in [0.15, 0.2) is 0 Å². The van der Waals surface area contributed by atoms with Crippen molar-refractivity contribution < 1.29 is 0 Å². The van der Waals surface area contributed by atoms with Gasteiger partial charge < -0.3 is 0 Å². The minimum absolute atomic E-state index is 0. The second kappa shape index (κ2) is 0.584. The van der Waals surface area contributed by atoms with Gasteiger partial charge in [-0.15, -0.1) is 0 Å². The van der Waals surface area contributed by atoms with Gasteiger partial charge in [-0.05, 0) is 17.8 Å². The molecule has 3 fully saturated rings. The third-order valence-electron chi connectivity index (χ3n) is 3.10. The van der Waals surface area contributed by atoms with Gasteiger partial charge in [0, 0.05) is 29.8 Å². The topological polar surface area (TPSA) is 0 Å². The first-order valence-electron chi connectivity index (χ1n) is 2.74. The molecule has 0 aliphatic heterocycles. The van der Waals surface area contributed by atoms with Crippen molar-refractivity contribution in [1.29, 1.82) is 0 Å². The van der Waals surface area contributed by atoms with Crippen LogP contribution in [-0.4, -0.2) is 23.9 Å². The molecule has 0 spiro atoms. The minimum atomic E-state index is 0. The van der Waals surface area contributed by atoms with E-state index >= 15 is 0 Å². The Balaban J connectivity index is 0.000000202. The van der Waals surface area contributed by atoms with Gasteiger partial charge in [-0.3, -0.25) is 0 Å². The van der Waals surface area contributed by atoms with Crippen LogP contribution in [0, 0.1) is 23.7 Å². The second-order valence-corrected chi connectivity index (χ2v) is 3.02. The molecule has 32 valence electrons. The maximum atomic E-state index is 1.91. The van der Waals surface area contributed by atoms with Gasteiger partial charge in [0.2, 0.25) is 0 Å². The first-order valence-corrected chi connectivity index (χ1v) is 2.74. The molecule has 5 aliphatic rings. The number of rotatable bonds is 0. The van der Waals surface area contributed by atoms with Crippen LogP contribution in [0.5, 0.6) is 0 Å². The molecule has 4 radical (unpaired) electrons. The van der Waals surface area contributed by atoms with Crippen molar-refractivity contribution >= 4 is 23.9 Å². The number of allylic oxidation sites excluding steroid dienone is 2. The molecule has 1 heteroatoms. The summed E-state index contributed by atoms with van der Waals surface area (Å²) >= 11 is 0. The molecule has 0 nitrogen and oxygen atoms in total. The predicted octanol–water partition coefficient (Wildman–Crippen LogP) is 0.421. The smallest absolute Gasteiger partial charge is 0.00594 e. The van der Waals surface area contributed by atoms with E-state index in [-0.39, 0.29) is 23.9 Å². The van der Waals surface area contributed by atoms with Crippen molar-refractivity contribution in [3.63, 3.8) is 0 Å². The summed E-state index contributed by atoms with van der Waals surface area (Å²) in [4.78, 5) is 0. The maximum absolute atomic E-state index is 1.91. The van der Waals surface area contributed by atoms with Crippen LogP contribution in [0.4, 0.5) is 0 Å². The summed E-state index contributed by atoms with van der Waals surface area (Å²) in [6.45, 7) is 0. The van der Waals surface area contributed by atoms with Crippen LogP contribution in [0.2, 0.25) is 0 Å². The molecule has 0 heterocycles.